The Balaban J connectivity index is 0. The number of hydrogen-bond acceptors (Lipinski definition) is 0. The summed E-state index contributed by atoms with van der Waals surface area (Å²) in [5.41, 5.74) is 6.76. The number of quaternary nitrogens is 1. The summed E-state index contributed by atoms with van der Waals surface area (Å²) < 4.78 is 1.27. The fourth-order valence-electron chi connectivity index (χ4n) is 3.33. The maximum absolute atomic E-state index is 2.51. The molecule has 117 valence electrons. The van der Waals surface area contributed by atoms with Crippen LogP contribution in [0.4, 0.5) is 0 Å². The summed E-state index contributed by atoms with van der Waals surface area (Å²) in [5.74, 6) is 0.637. The fraction of sp³-hybridized carbons (Fsp3) is 0.733. The summed E-state index contributed by atoms with van der Waals surface area (Å²) in [6.45, 7) is 21.7. The van der Waals surface area contributed by atoms with E-state index in [9.17, 15) is 0 Å². The van der Waals surface area contributed by atoms with Gasteiger partial charge in [0.2, 0.25) is 0 Å². The van der Waals surface area contributed by atoms with Crippen molar-refractivity contribution in [2.24, 2.45) is 5.92 Å². The number of nitrogens with zero attached hydrogens (tertiary/aromatic N) is 1. The second-order valence-electron chi connectivity index (χ2n) is 7.03. The molecule has 2 unspecified atom stereocenters. The van der Waals surface area contributed by atoms with Crippen molar-refractivity contribution in [1.29, 1.82) is 0 Å². The van der Waals surface area contributed by atoms with Gasteiger partial charge >= 0.3 is 131 Å². The van der Waals surface area contributed by atoms with Crippen LogP contribution in [0.5, 0.6) is 0 Å². The van der Waals surface area contributed by atoms with Crippen LogP contribution < -0.4 is 24.8 Å². The second-order valence-corrected chi connectivity index (χ2v) is 13.0. The van der Waals surface area contributed by atoms with Crippen LogP contribution in [0, 0.1) is 5.92 Å². The van der Waals surface area contributed by atoms with Crippen molar-refractivity contribution in [2.75, 3.05) is 0 Å². The first-order chi connectivity index (χ1) is 7.96. The zero-order valence-corrected chi connectivity index (χ0v) is 19.5. The normalized spacial score (nSPS) is 22.6. The maximum atomic E-state index is 2.51. The van der Waals surface area contributed by atoms with Gasteiger partial charge in [-0.05, 0) is 0 Å². The summed E-state index contributed by atoms with van der Waals surface area (Å²) in [6, 6.07) is 0. The van der Waals surface area contributed by atoms with E-state index in [-0.39, 0.29) is 24.8 Å². The Labute approximate surface area is 155 Å². The molecule has 1 aliphatic carbocycles. The van der Waals surface area contributed by atoms with Gasteiger partial charge in [0.1, 0.15) is 0 Å². The van der Waals surface area contributed by atoms with Crippen LogP contribution in [0.1, 0.15) is 48.5 Å². The number of rotatable bonds is 2. The average molecular weight is 414 g/mol. The molecule has 20 heavy (non-hydrogen) atoms. The molecule has 0 saturated carbocycles. The second kappa shape index (κ2) is 7.59. The minimum atomic E-state index is -0.817. The van der Waals surface area contributed by atoms with Crippen LogP contribution in [-0.2, 0) is 25.0 Å². The molecule has 2 atom stereocenters. The van der Waals surface area contributed by atoms with E-state index < -0.39 is 8.96 Å². The SMILES string of the molecule is CC1=C(C)C(C)C([N+]([Zr])([SiH](C)C)C(C)(C)C)=C1C.[Cl-].[Cl-]. The van der Waals surface area contributed by atoms with Gasteiger partial charge in [-0.1, -0.05) is 0 Å². The van der Waals surface area contributed by atoms with E-state index in [1.54, 1.807) is 47.4 Å². The van der Waals surface area contributed by atoms with Crippen LogP contribution in [0.25, 0.3) is 0 Å². The predicted octanol–water partition coefficient (Wildman–Crippen LogP) is -1.68. The van der Waals surface area contributed by atoms with Gasteiger partial charge in [-0.25, -0.2) is 0 Å². The van der Waals surface area contributed by atoms with E-state index in [2.05, 4.69) is 61.6 Å². The van der Waals surface area contributed by atoms with Crippen LogP contribution in [0.3, 0.4) is 0 Å². The minimum Gasteiger partial charge on any atom is -1.00 e. The molecule has 0 aromatic carbocycles. The Bertz CT molecular complexity index is 424. The standard InChI is InChI=1S/C15H29NSi.2ClH.Zr/c1-10-11(2)13(4)14(12(10)3)16(17(8)9)15(5,6)7;;;/h12,17H,1-9H3;2*1H;/q;;;+1/p-2. The Hall–Kier alpha value is 1.12. The largest absolute Gasteiger partial charge is 1.00 e. The van der Waals surface area contributed by atoms with Crippen LogP contribution in [0.15, 0.2) is 22.4 Å². The quantitative estimate of drug-likeness (QED) is 0.475. The van der Waals surface area contributed by atoms with E-state index in [1.165, 1.54) is 2.09 Å². The molecule has 1 rings (SSSR count). The predicted molar refractivity (Wildman–Crippen MR) is 79.1 cm³/mol. The van der Waals surface area contributed by atoms with E-state index in [4.69, 9.17) is 0 Å². The first-order valence-corrected chi connectivity index (χ1v) is 10.9. The molecule has 0 aromatic heterocycles. The van der Waals surface area contributed by atoms with E-state index >= 15 is 0 Å². The van der Waals surface area contributed by atoms with Crippen molar-refractivity contribution in [2.45, 2.75) is 67.1 Å². The Morgan fingerprint density at radius 2 is 1.40 bits per heavy atom. The Morgan fingerprint density at radius 1 is 1.00 bits per heavy atom. The van der Waals surface area contributed by atoms with Crippen molar-refractivity contribution in [1.82, 2.24) is 0 Å². The van der Waals surface area contributed by atoms with Gasteiger partial charge in [-0.3, -0.25) is 0 Å². The summed E-state index contributed by atoms with van der Waals surface area (Å²) in [4.78, 5) is 0. The van der Waals surface area contributed by atoms with Crippen molar-refractivity contribution in [3.8, 4) is 0 Å². The summed E-state index contributed by atoms with van der Waals surface area (Å²) in [6.07, 6.45) is 0. The molecule has 0 aliphatic heterocycles. The third-order valence-corrected chi connectivity index (χ3v) is 13.5. The van der Waals surface area contributed by atoms with Crippen molar-refractivity contribution >= 4 is 8.96 Å². The zero-order chi connectivity index (χ0) is 14.5. The van der Waals surface area contributed by atoms with Crippen molar-refractivity contribution in [3.05, 3.63) is 22.4 Å². The van der Waals surface area contributed by atoms with Crippen LogP contribution >= 0.6 is 0 Å². The third kappa shape index (κ3) is 3.54. The smallest absolute Gasteiger partial charge is 1.00 e. The molecular formula is C15H29Cl2NSiZr-. The number of hydrogen-bond donors (Lipinski definition) is 0. The molecule has 1 aliphatic rings. The fourth-order valence-corrected chi connectivity index (χ4v) is 6.74. The molecule has 0 heterocycles. The minimum absolute atomic E-state index is 0. The molecule has 0 saturated heterocycles. The molecule has 5 heteroatoms. The van der Waals surface area contributed by atoms with Gasteiger partial charge in [0, 0.05) is 0 Å². The van der Waals surface area contributed by atoms with E-state index in [0.29, 0.717) is 11.5 Å². The average Bonchev–Trinajstić information content (AvgIpc) is 2.41. The topological polar surface area (TPSA) is 0 Å². The van der Waals surface area contributed by atoms with Gasteiger partial charge in [0.15, 0.2) is 0 Å². The van der Waals surface area contributed by atoms with Gasteiger partial charge < -0.3 is 24.8 Å². The first kappa shape index (κ1) is 23.4. The molecule has 0 bridgehead atoms. The number of halogens is 2. The van der Waals surface area contributed by atoms with Crippen LogP contribution in [0.2, 0.25) is 13.1 Å². The van der Waals surface area contributed by atoms with E-state index in [0.717, 1.165) is 0 Å². The first-order valence-electron chi connectivity index (χ1n) is 6.99. The van der Waals surface area contributed by atoms with Gasteiger partial charge in [0.25, 0.3) is 0 Å². The molecule has 0 aromatic rings. The summed E-state index contributed by atoms with van der Waals surface area (Å²) >= 11 is 1.67. The third-order valence-electron chi connectivity index (χ3n) is 4.81. The van der Waals surface area contributed by atoms with Crippen molar-refractivity contribution in [3.63, 3.8) is 0 Å². The Kier molecular flexibility index (Phi) is 8.88. The Morgan fingerprint density at radius 3 is 1.60 bits per heavy atom. The molecular weight excluding hydrogens is 384 g/mol. The summed E-state index contributed by atoms with van der Waals surface area (Å²) in [5, 5.41) is 0. The molecule has 1 nitrogen and oxygen atoms in total. The molecule has 0 spiro atoms. The molecule has 0 N–H and O–H groups in total. The van der Waals surface area contributed by atoms with Gasteiger partial charge in [0.05, 0.1) is 0 Å². The van der Waals surface area contributed by atoms with Crippen molar-refractivity contribution < 1.29 is 51.9 Å². The van der Waals surface area contributed by atoms with Gasteiger partial charge in [-0.15, -0.1) is 0 Å². The molecule has 0 fully saturated rings. The van der Waals surface area contributed by atoms with E-state index in [1.807, 2.05) is 0 Å². The number of allylic oxidation sites excluding steroid dienone is 3. The molecule has 0 radical (unpaired) electrons. The summed E-state index contributed by atoms with van der Waals surface area (Å²) in [7, 11) is -0.817. The zero-order valence-electron chi connectivity index (χ0n) is 14.4. The van der Waals surface area contributed by atoms with Gasteiger partial charge in [-0.2, -0.15) is 0 Å². The monoisotopic (exact) mass is 411 g/mol. The van der Waals surface area contributed by atoms with Crippen LogP contribution in [-0.4, -0.2) is 16.6 Å². The molecule has 0 amide bonds. The maximum Gasteiger partial charge on any atom is -1.00 e.